The Morgan fingerprint density at radius 3 is 2.71 bits per heavy atom. The number of aliphatic hydroxyl groups is 1. The van der Waals surface area contributed by atoms with E-state index in [1.807, 2.05) is 0 Å². The van der Waals surface area contributed by atoms with E-state index in [1.165, 1.54) is 31.3 Å². The van der Waals surface area contributed by atoms with Crippen molar-refractivity contribution in [2.75, 3.05) is 6.61 Å². The fourth-order valence-corrected chi connectivity index (χ4v) is 4.97. The second-order valence-corrected chi connectivity index (χ2v) is 10.3. The third-order valence-corrected chi connectivity index (χ3v) is 6.88. The first-order valence-electron chi connectivity index (χ1n) is 11.4. The largest absolute Gasteiger partial charge is 0.462 e. The molecule has 2 aliphatic heterocycles. The van der Waals surface area contributed by atoms with Crippen molar-refractivity contribution in [2.24, 2.45) is 5.11 Å². The zero-order chi connectivity index (χ0) is 28.1. The van der Waals surface area contributed by atoms with Crippen molar-refractivity contribution in [1.29, 1.82) is 0 Å². The molecule has 1 fully saturated rings. The van der Waals surface area contributed by atoms with E-state index < -0.39 is 62.7 Å². The zero-order valence-electron chi connectivity index (χ0n) is 20.8. The van der Waals surface area contributed by atoms with Gasteiger partial charge in [0.1, 0.15) is 17.9 Å². The zero-order valence-corrected chi connectivity index (χ0v) is 21.7. The molecule has 3 N–H and O–H groups in total. The molecule has 0 aromatic heterocycles. The molecule has 6 atom stereocenters. The molecule has 0 bridgehead atoms. The van der Waals surface area contributed by atoms with Crippen molar-refractivity contribution in [3.8, 4) is 5.75 Å². The third-order valence-electron chi connectivity index (χ3n) is 5.25. The Morgan fingerprint density at radius 2 is 2.11 bits per heavy atom. The SMILES string of the molecule is C=C1C=CN([C@@H]2O[C@@](COP(=O)(NC(C)C(=O)OC(C)C)Oc3ccccc3)(N=[N+]=[N-])[C@@H](O)[C@H]2F)C(=O)N1. The number of para-hydroxylation sites is 1. The van der Waals surface area contributed by atoms with Gasteiger partial charge in [0.2, 0.25) is 5.72 Å². The molecule has 0 saturated carbocycles. The molecule has 2 amide bonds. The molecule has 2 aliphatic rings. The minimum atomic E-state index is -4.50. The number of azide groups is 1. The molecule has 206 valence electrons. The summed E-state index contributed by atoms with van der Waals surface area (Å²) in [6.07, 6.45) is -4.10. The lowest BCUT2D eigenvalue weighted by Gasteiger charge is -2.31. The van der Waals surface area contributed by atoms with Crippen LogP contribution in [0, 0.1) is 0 Å². The van der Waals surface area contributed by atoms with Crippen molar-refractivity contribution < 1.29 is 42.2 Å². The topological polar surface area (TPSA) is 184 Å². The maximum Gasteiger partial charge on any atom is 0.459 e. The van der Waals surface area contributed by atoms with Crippen molar-refractivity contribution >= 4 is 19.7 Å². The van der Waals surface area contributed by atoms with Gasteiger partial charge in [-0.05, 0) is 44.5 Å². The number of amides is 2. The van der Waals surface area contributed by atoms with Crippen molar-refractivity contribution in [2.45, 2.75) is 57.1 Å². The monoisotopic (exact) mass is 554 g/mol. The Labute approximate surface area is 217 Å². The van der Waals surface area contributed by atoms with Gasteiger partial charge in [0.05, 0.1) is 12.7 Å². The molecule has 2 heterocycles. The molecule has 38 heavy (non-hydrogen) atoms. The summed E-state index contributed by atoms with van der Waals surface area (Å²) < 4.78 is 50.5. The average Bonchev–Trinajstić information content (AvgIpc) is 3.09. The lowest BCUT2D eigenvalue weighted by atomic mass is 10.1. The van der Waals surface area contributed by atoms with Gasteiger partial charge in [0.25, 0.3) is 0 Å². The van der Waals surface area contributed by atoms with Crippen molar-refractivity contribution in [3.63, 3.8) is 0 Å². The van der Waals surface area contributed by atoms with E-state index in [-0.39, 0.29) is 11.4 Å². The highest BCUT2D eigenvalue weighted by Gasteiger charge is 2.59. The maximum atomic E-state index is 15.2. The molecule has 14 nitrogen and oxygen atoms in total. The fourth-order valence-electron chi connectivity index (χ4n) is 3.46. The minimum Gasteiger partial charge on any atom is -0.462 e. The normalized spacial score (nSPS) is 27.3. The van der Waals surface area contributed by atoms with Crippen LogP contribution in [0.4, 0.5) is 9.18 Å². The van der Waals surface area contributed by atoms with E-state index in [2.05, 4.69) is 27.0 Å². The first kappa shape index (κ1) is 29.1. The smallest absolute Gasteiger partial charge is 0.459 e. The highest BCUT2D eigenvalue weighted by molar-refractivity contribution is 7.52. The van der Waals surface area contributed by atoms with Crippen LogP contribution in [0.3, 0.4) is 0 Å². The van der Waals surface area contributed by atoms with Crippen molar-refractivity contribution in [1.82, 2.24) is 15.3 Å². The molecule has 1 saturated heterocycles. The number of hydrogen-bond acceptors (Lipinski definition) is 9. The fraction of sp³-hybridized carbons (Fsp3) is 0.455. The number of benzene rings is 1. The van der Waals surface area contributed by atoms with Crippen LogP contribution in [0.15, 0.2) is 60.0 Å². The molecule has 0 spiro atoms. The first-order valence-corrected chi connectivity index (χ1v) is 12.9. The number of urea groups is 1. The van der Waals surface area contributed by atoms with E-state index >= 15 is 4.39 Å². The standard InChI is InChI=1S/C22H28FN6O8P/c1-13(2)35-20(31)15(4)26-38(33,37-16-8-6-5-7-9-16)34-12-22(27-28-24)18(30)17(23)19(36-22)29-11-10-14(3)25-21(29)32/h5-11,13,15,17-19,30H,3,12H2,1-2,4H3,(H,25,32)(H,26,33)/t15?,17-,18+,19-,22-,38?/m1/s1. The van der Waals surface area contributed by atoms with Crippen LogP contribution in [0.25, 0.3) is 10.4 Å². The minimum absolute atomic E-state index is 0.0788. The second kappa shape index (κ2) is 11.9. The van der Waals surface area contributed by atoms with E-state index in [4.69, 9.17) is 24.1 Å². The van der Waals surface area contributed by atoms with Crippen LogP contribution >= 0.6 is 7.75 Å². The van der Waals surface area contributed by atoms with Gasteiger partial charge >= 0.3 is 19.7 Å². The summed E-state index contributed by atoms with van der Waals surface area (Å²) in [4.78, 5) is 28.0. The summed E-state index contributed by atoms with van der Waals surface area (Å²) >= 11 is 0. The highest BCUT2D eigenvalue weighted by Crippen LogP contribution is 2.48. The van der Waals surface area contributed by atoms with E-state index in [1.54, 1.807) is 32.0 Å². The molecule has 1 aromatic rings. The molecular formula is C22H28FN6O8P. The van der Waals surface area contributed by atoms with Gasteiger partial charge in [-0.15, -0.1) is 0 Å². The summed E-state index contributed by atoms with van der Waals surface area (Å²) in [7, 11) is -4.50. The van der Waals surface area contributed by atoms with Crippen LogP contribution in [0.2, 0.25) is 0 Å². The molecule has 0 aliphatic carbocycles. The number of alkyl halides is 1. The number of carbonyl (C=O) groups excluding carboxylic acids is 2. The number of esters is 1. The number of halogens is 1. The molecular weight excluding hydrogens is 526 g/mol. The van der Waals surface area contributed by atoms with Crippen LogP contribution < -0.4 is 14.9 Å². The number of carbonyl (C=O) groups is 2. The van der Waals surface area contributed by atoms with Crippen LogP contribution in [-0.4, -0.2) is 65.0 Å². The lowest BCUT2D eigenvalue weighted by Crippen LogP contribution is -2.48. The summed E-state index contributed by atoms with van der Waals surface area (Å²) in [5.41, 5.74) is 6.90. The van der Waals surface area contributed by atoms with E-state index in [0.717, 1.165) is 4.90 Å². The summed E-state index contributed by atoms with van der Waals surface area (Å²) in [5.74, 6) is -0.689. The quantitative estimate of drug-likeness (QED) is 0.121. The number of nitrogens with zero attached hydrogens (tertiary/aromatic N) is 4. The molecule has 16 heteroatoms. The van der Waals surface area contributed by atoms with Gasteiger partial charge in [0, 0.05) is 16.8 Å². The lowest BCUT2D eigenvalue weighted by molar-refractivity contribution is -0.149. The molecule has 1 aromatic carbocycles. The highest BCUT2D eigenvalue weighted by atomic mass is 31.2. The number of hydrogen-bond donors (Lipinski definition) is 3. The summed E-state index contributed by atoms with van der Waals surface area (Å²) in [6.45, 7) is 7.16. The van der Waals surface area contributed by atoms with Gasteiger partial charge in [-0.25, -0.2) is 13.8 Å². The van der Waals surface area contributed by atoms with Crippen LogP contribution in [0.5, 0.6) is 5.75 Å². The number of rotatable bonds is 11. The Hall–Kier alpha value is -3.45. The number of nitrogens with one attached hydrogen (secondary N) is 2. The first-order chi connectivity index (χ1) is 17.9. The number of aliphatic hydroxyl groups excluding tert-OH is 1. The average molecular weight is 554 g/mol. The van der Waals surface area contributed by atoms with Gasteiger partial charge in [-0.3, -0.25) is 14.2 Å². The third kappa shape index (κ3) is 6.70. The summed E-state index contributed by atoms with van der Waals surface area (Å²) in [5, 5.41) is 18.8. The van der Waals surface area contributed by atoms with Crippen LogP contribution in [-0.2, 0) is 23.4 Å². The van der Waals surface area contributed by atoms with Crippen molar-refractivity contribution in [3.05, 3.63) is 65.3 Å². The van der Waals surface area contributed by atoms with Gasteiger partial charge in [0.15, 0.2) is 12.4 Å². The van der Waals surface area contributed by atoms with E-state index in [0.29, 0.717) is 0 Å². The molecule has 0 radical (unpaired) electrons. The predicted octanol–water partition coefficient (Wildman–Crippen LogP) is 3.23. The Bertz CT molecular complexity index is 1180. The van der Waals surface area contributed by atoms with Crippen LogP contribution in [0.1, 0.15) is 20.8 Å². The predicted molar refractivity (Wildman–Crippen MR) is 131 cm³/mol. The Kier molecular flexibility index (Phi) is 9.15. The number of ether oxygens (including phenoxy) is 2. The Morgan fingerprint density at radius 1 is 1.42 bits per heavy atom. The van der Waals surface area contributed by atoms with Gasteiger partial charge < -0.3 is 24.4 Å². The summed E-state index contributed by atoms with van der Waals surface area (Å²) in [6, 6.07) is 5.76. The molecule has 3 rings (SSSR count). The van der Waals surface area contributed by atoms with Gasteiger partial charge in [-0.1, -0.05) is 29.9 Å². The number of allylic oxidation sites excluding steroid dienone is 1. The Balaban J connectivity index is 1.87. The van der Waals surface area contributed by atoms with E-state index in [9.17, 15) is 19.3 Å². The maximum absolute atomic E-state index is 15.2. The van der Waals surface area contributed by atoms with Gasteiger partial charge in [-0.2, -0.15) is 5.09 Å². The molecule has 2 unspecified atom stereocenters. The second-order valence-electron chi connectivity index (χ2n) is 8.62.